The maximum absolute atomic E-state index is 14.5. The molecule has 3 heterocycles. The largest absolute Gasteiger partial charge is 0.459 e. The van der Waals surface area contributed by atoms with Crippen molar-refractivity contribution in [3.63, 3.8) is 0 Å². The van der Waals surface area contributed by atoms with E-state index < -0.39 is 126 Å². The average molecular weight is 922 g/mol. The second kappa shape index (κ2) is 21.1. The fraction of sp³-hybridized carbons (Fsp3) is 0.822. The van der Waals surface area contributed by atoms with Gasteiger partial charge in [-0.1, -0.05) is 20.8 Å². The minimum Gasteiger partial charge on any atom is -0.459 e. The van der Waals surface area contributed by atoms with E-state index in [1.165, 1.54) is 32.8 Å². The van der Waals surface area contributed by atoms with Gasteiger partial charge in [-0.05, 0) is 112 Å². The first-order valence-electron chi connectivity index (χ1n) is 22.3. The Morgan fingerprint density at radius 1 is 0.953 bits per heavy atom. The summed E-state index contributed by atoms with van der Waals surface area (Å²) < 4.78 is 77.6. The van der Waals surface area contributed by atoms with Crippen molar-refractivity contribution < 1.29 is 76.7 Å². The number of cyclic esters (lactones) is 1. The van der Waals surface area contributed by atoms with Gasteiger partial charge in [-0.3, -0.25) is 4.79 Å². The van der Waals surface area contributed by atoms with Crippen molar-refractivity contribution in [2.24, 2.45) is 17.8 Å². The molecule has 16 nitrogen and oxygen atoms in total. The SMILES string of the molecule is CC[C@H]1OC(=O)[C@H](C)[C@@H](O[C@H]2C[C@@](C)(OC)[C@@H](O)[C@H](C)O2)[C@H](C)[C@@H](O[C@@H]2O[C@H](C)C[C@H](N(C)C)[C@H]2O)C(C)(O)C[C@@H](C)CN(C(=O)Nc2ccc(C(F)(F)F)cc2)[C@H](C)[C@@H](O)[C@]1(C)O. The van der Waals surface area contributed by atoms with E-state index in [0.717, 1.165) is 24.3 Å². The number of anilines is 1. The second-order valence-corrected chi connectivity index (χ2v) is 19.4. The minimum absolute atomic E-state index is 0.0143. The van der Waals surface area contributed by atoms with Crippen LogP contribution in [-0.4, -0.2) is 165 Å². The number of aliphatic hydroxyl groups is 5. The summed E-state index contributed by atoms with van der Waals surface area (Å²) in [6.45, 7) is 16.0. The fourth-order valence-electron chi connectivity index (χ4n) is 9.72. The molecule has 1 unspecified atom stereocenters. The summed E-state index contributed by atoms with van der Waals surface area (Å²) in [5.41, 5.74) is -6.04. The van der Waals surface area contributed by atoms with Crippen LogP contribution in [0, 0.1) is 17.8 Å². The Hall–Kier alpha value is -2.69. The molecule has 368 valence electrons. The Kier molecular flexibility index (Phi) is 17.8. The quantitative estimate of drug-likeness (QED) is 0.198. The van der Waals surface area contributed by atoms with Gasteiger partial charge >= 0.3 is 18.2 Å². The smallest absolute Gasteiger partial charge is 0.416 e. The van der Waals surface area contributed by atoms with E-state index in [9.17, 15) is 48.3 Å². The molecule has 0 aliphatic carbocycles. The number of likely N-dealkylation sites (N-methyl/N-ethyl adjacent to an activating group) is 1. The maximum atomic E-state index is 14.5. The van der Waals surface area contributed by atoms with Crippen LogP contribution in [0.2, 0.25) is 0 Å². The summed E-state index contributed by atoms with van der Waals surface area (Å²) in [5.74, 6) is -3.58. The third-order valence-corrected chi connectivity index (χ3v) is 13.6. The highest BCUT2D eigenvalue weighted by Crippen LogP contribution is 2.40. The molecule has 0 saturated carbocycles. The highest BCUT2D eigenvalue weighted by molar-refractivity contribution is 5.89. The van der Waals surface area contributed by atoms with E-state index in [0.29, 0.717) is 6.42 Å². The number of nitrogens with one attached hydrogen (secondary N) is 1. The van der Waals surface area contributed by atoms with Crippen molar-refractivity contribution >= 4 is 17.7 Å². The van der Waals surface area contributed by atoms with Gasteiger partial charge in [0.1, 0.15) is 30.0 Å². The topological polar surface area (TPSA) is 209 Å². The van der Waals surface area contributed by atoms with E-state index in [-0.39, 0.29) is 37.6 Å². The summed E-state index contributed by atoms with van der Waals surface area (Å²) in [5, 5.41) is 62.0. The number of alkyl halides is 3. The summed E-state index contributed by atoms with van der Waals surface area (Å²) in [7, 11) is 5.09. The average Bonchev–Trinajstić information content (AvgIpc) is 3.20. The molecule has 4 rings (SSSR count). The van der Waals surface area contributed by atoms with Gasteiger partial charge in [0.15, 0.2) is 12.6 Å². The van der Waals surface area contributed by atoms with E-state index in [1.54, 1.807) is 41.5 Å². The van der Waals surface area contributed by atoms with Crippen LogP contribution in [0.4, 0.5) is 23.7 Å². The molecule has 3 fully saturated rings. The summed E-state index contributed by atoms with van der Waals surface area (Å²) in [6, 6.07) is 1.39. The molecule has 0 spiro atoms. The number of methoxy groups -OCH3 is 1. The van der Waals surface area contributed by atoms with Gasteiger partial charge in [-0.2, -0.15) is 13.2 Å². The Morgan fingerprint density at radius 2 is 1.56 bits per heavy atom. The zero-order valence-corrected chi connectivity index (χ0v) is 39.5. The number of urea groups is 1. The Morgan fingerprint density at radius 3 is 2.11 bits per heavy atom. The molecular formula is C45H74F3N3O13. The molecule has 18 atom stereocenters. The monoisotopic (exact) mass is 922 g/mol. The normalized spacial score (nSPS) is 42.4. The number of nitrogens with zero attached hydrogens (tertiary/aromatic N) is 2. The number of benzene rings is 1. The van der Waals surface area contributed by atoms with Crippen LogP contribution in [0.25, 0.3) is 0 Å². The molecule has 1 aromatic carbocycles. The number of carbonyl (C=O) groups excluding carboxylic acids is 2. The highest BCUT2D eigenvalue weighted by atomic mass is 19.4. The molecular weight excluding hydrogens is 847 g/mol. The first kappa shape index (κ1) is 53.9. The van der Waals surface area contributed by atoms with E-state index in [4.69, 9.17) is 28.4 Å². The van der Waals surface area contributed by atoms with Gasteiger partial charge in [0.2, 0.25) is 0 Å². The third kappa shape index (κ3) is 12.2. The van der Waals surface area contributed by atoms with Crippen molar-refractivity contribution in [1.82, 2.24) is 9.80 Å². The number of aliphatic hydroxyl groups excluding tert-OH is 3. The number of amides is 2. The molecule has 0 aromatic heterocycles. The number of halogens is 3. The van der Waals surface area contributed by atoms with Crippen molar-refractivity contribution in [1.29, 1.82) is 0 Å². The lowest BCUT2D eigenvalue weighted by atomic mass is 9.77. The molecule has 0 radical (unpaired) electrons. The number of hydrogen-bond acceptors (Lipinski definition) is 14. The number of carbonyl (C=O) groups is 2. The molecule has 0 bridgehead atoms. The molecule has 64 heavy (non-hydrogen) atoms. The van der Waals surface area contributed by atoms with Gasteiger partial charge in [0.05, 0.1) is 53.1 Å². The maximum Gasteiger partial charge on any atom is 0.416 e. The molecule has 3 aliphatic rings. The highest BCUT2D eigenvalue weighted by Gasteiger charge is 2.53. The minimum atomic E-state index is -4.61. The Bertz CT molecular complexity index is 1690. The predicted octanol–water partition coefficient (Wildman–Crippen LogP) is 4.52. The molecule has 19 heteroatoms. The van der Waals surface area contributed by atoms with Crippen LogP contribution in [0.1, 0.15) is 100 Å². The van der Waals surface area contributed by atoms with Crippen LogP contribution in [-0.2, 0) is 39.4 Å². The van der Waals surface area contributed by atoms with Crippen molar-refractivity contribution in [3.8, 4) is 0 Å². The Labute approximate surface area is 375 Å². The number of ether oxygens (including phenoxy) is 6. The van der Waals surface area contributed by atoms with Gasteiger partial charge in [0.25, 0.3) is 0 Å². The summed E-state index contributed by atoms with van der Waals surface area (Å²) >= 11 is 0. The predicted molar refractivity (Wildman–Crippen MR) is 229 cm³/mol. The lowest BCUT2D eigenvalue weighted by molar-refractivity contribution is -0.318. The molecule has 3 aliphatic heterocycles. The van der Waals surface area contributed by atoms with E-state index in [1.807, 2.05) is 25.9 Å². The van der Waals surface area contributed by atoms with Crippen molar-refractivity contribution in [2.45, 2.75) is 191 Å². The first-order valence-corrected chi connectivity index (χ1v) is 22.3. The molecule has 3 saturated heterocycles. The number of esters is 1. The van der Waals surface area contributed by atoms with Crippen molar-refractivity contribution in [3.05, 3.63) is 29.8 Å². The second-order valence-electron chi connectivity index (χ2n) is 19.4. The lowest BCUT2D eigenvalue weighted by Crippen LogP contribution is -2.61. The fourth-order valence-corrected chi connectivity index (χ4v) is 9.72. The van der Waals surface area contributed by atoms with E-state index >= 15 is 0 Å². The van der Waals surface area contributed by atoms with Crippen LogP contribution < -0.4 is 5.32 Å². The van der Waals surface area contributed by atoms with Gasteiger partial charge in [0, 0.05) is 37.7 Å². The van der Waals surface area contributed by atoms with Crippen molar-refractivity contribution in [2.75, 3.05) is 33.1 Å². The molecule has 2 amide bonds. The summed E-state index contributed by atoms with van der Waals surface area (Å²) in [6.07, 6.45) is -15.4. The van der Waals surface area contributed by atoms with Gasteiger partial charge < -0.3 is 69.1 Å². The first-order chi connectivity index (χ1) is 29.5. The third-order valence-electron chi connectivity index (χ3n) is 13.6. The van der Waals surface area contributed by atoms with Crippen LogP contribution in [0.5, 0.6) is 0 Å². The molecule has 6 N–H and O–H groups in total. The van der Waals surface area contributed by atoms with Gasteiger partial charge in [-0.15, -0.1) is 0 Å². The lowest BCUT2D eigenvalue weighted by Gasteiger charge is -2.48. The van der Waals surface area contributed by atoms with Crippen LogP contribution in [0.3, 0.4) is 0 Å². The number of hydrogen-bond donors (Lipinski definition) is 6. The van der Waals surface area contributed by atoms with E-state index in [2.05, 4.69) is 5.32 Å². The molecule has 1 aromatic rings. The summed E-state index contributed by atoms with van der Waals surface area (Å²) in [4.78, 5) is 31.7. The standard InChI is InChI=1S/C45H74F3N3O13/c1-14-32-44(10,58)36(53)27(6)51(41(56)49-30-17-15-29(16-18-30)45(46,47)48)22-23(2)20-42(8,57)38(64-40-34(52)31(50(11)12)19-24(3)60-40)25(4)35(26(5)39(55)62-32)63-33-21-43(9,59-13)37(54)28(7)61-33/h15-18,23-28,31-38,40,52-54,57-58H,14,19-22H2,1-13H3,(H,49,56)/t23-,24-,25+,26-,27-,28+,31+,32-,33+,34-,35+,36-,37+,38-,40+,42?,43-,44-/m1/s1. The van der Waals surface area contributed by atoms with Crippen LogP contribution >= 0.6 is 0 Å². The van der Waals surface area contributed by atoms with Gasteiger partial charge in [-0.25, -0.2) is 4.79 Å². The zero-order chi connectivity index (χ0) is 48.4. The number of rotatable bonds is 8. The Balaban J connectivity index is 1.85. The van der Waals surface area contributed by atoms with Crippen LogP contribution in [0.15, 0.2) is 24.3 Å². The zero-order valence-electron chi connectivity index (χ0n) is 39.5.